The van der Waals surface area contributed by atoms with Gasteiger partial charge in [0, 0.05) is 30.8 Å². The largest absolute Gasteiger partial charge is 0.326 e. The number of carbonyl (C=O) groups is 2. The molecule has 2 aliphatic rings. The molecule has 2 fully saturated rings. The summed E-state index contributed by atoms with van der Waals surface area (Å²) in [4.78, 5) is 26.3. The molecule has 2 aliphatic heterocycles. The normalized spacial score (nSPS) is 19.6. The van der Waals surface area contributed by atoms with Gasteiger partial charge in [0.15, 0.2) is 0 Å². The molecule has 26 heavy (non-hydrogen) atoms. The van der Waals surface area contributed by atoms with Gasteiger partial charge in [-0.25, -0.2) is 0 Å². The second-order valence-electron chi connectivity index (χ2n) is 7.37. The third kappa shape index (κ3) is 5.45. The zero-order valence-corrected chi connectivity index (χ0v) is 16.3. The standard InChI is InChI=1S/C20H29N3O2.ClH/c1-15(16-8-10-21-11-9-16)13-19(24)22-17-5-4-6-18(14-17)23-12-3-2-7-20(23)25;/h4-6,14-16,21H,2-3,7-13H2,1H3,(H,22,24);1H. The minimum Gasteiger partial charge on any atom is -0.326 e. The van der Waals surface area contributed by atoms with Gasteiger partial charge in [-0.15, -0.1) is 12.4 Å². The van der Waals surface area contributed by atoms with Gasteiger partial charge in [0.25, 0.3) is 0 Å². The number of piperidine rings is 2. The maximum atomic E-state index is 12.4. The molecule has 0 radical (unpaired) electrons. The third-order valence-electron chi connectivity index (χ3n) is 5.46. The van der Waals surface area contributed by atoms with Crippen LogP contribution in [-0.4, -0.2) is 31.4 Å². The van der Waals surface area contributed by atoms with Gasteiger partial charge >= 0.3 is 0 Å². The van der Waals surface area contributed by atoms with Gasteiger partial charge in [-0.1, -0.05) is 13.0 Å². The quantitative estimate of drug-likeness (QED) is 0.821. The second-order valence-corrected chi connectivity index (χ2v) is 7.37. The topological polar surface area (TPSA) is 61.4 Å². The molecule has 0 aliphatic carbocycles. The summed E-state index contributed by atoms with van der Waals surface area (Å²) < 4.78 is 0. The molecule has 1 aromatic carbocycles. The van der Waals surface area contributed by atoms with Crippen LogP contribution >= 0.6 is 12.4 Å². The Bertz CT molecular complexity index is 617. The van der Waals surface area contributed by atoms with Crippen molar-refractivity contribution in [3.05, 3.63) is 24.3 Å². The van der Waals surface area contributed by atoms with Gasteiger partial charge in [0.05, 0.1) is 0 Å². The first kappa shape index (κ1) is 20.7. The Labute approximate surface area is 162 Å². The molecule has 6 heteroatoms. The average molecular weight is 380 g/mol. The summed E-state index contributed by atoms with van der Waals surface area (Å²) in [5, 5.41) is 6.38. The molecular formula is C20H30ClN3O2. The zero-order valence-electron chi connectivity index (χ0n) is 15.5. The van der Waals surface area contributed by atoms with Crippen LogP contribution in [0.2, 0.25) is 0 Å². The van der Waals surface area contributed by atoms with Crippen LogP contribution in [0.25, 0.3) is 0 Å². The van der Waals surface area contributed by atoms with E-state index in [1.54, 1.807) is 0 Å². The summed E-state index contributed by atoms with van der Waals surface area (Å²) in [7, 11) is 0. The molecule has 1 unspecified atom stereocenters. The highest BCUT2D eigenvalue weighted by Gasteiger charge is 2.23. The van der Waals surface area contributed by atoms with E-state index >= 15 is 0 Å². The Kier molecular flexibility index (Phi) is 7.91. The van der Waals surface area contributed by atoms with Crippen LogP contribution in [-0.2, 0) is 9.59 Å². The molecule has 1 aromatic rings. The van der Waals surface area contributed by atoms with Crippen LogP contribution in [0.5, 0.6) is 0 Å². The number of nitrogens with zero attached hydrogens (tertiary/aromatic N) is 1. The van der Waals surface area contributed by atoms with E-state index in [9.17, 15) is 9.59 Å². The Morgan fingerprint density at radius 2 is 2.08 bits per heavy atom. The number of hydrogen-bond donors (Lipinski definition) is 2. The molecule has 5 nitrogen and oxygen atoms in total. The van der Waals surface area contributed by atoms with E-state index in [0.717, 1.165) is 56.7 Å². The molecular weight excluding hydrogens is 350 g/mol. The summed E-state index contributed by atoms with van der Waals surface area (Å²) >= 11 is 0. The number of anilines is 2. The molecule has 2 N–H and O–H groups in total. The number of halogens is 1. The summed E-state index contributed by atoms with van der Waals surface area (Å²) in [5.74, 6) is 1.26. The minimum absolute atomic E-state index is 0. The van der Waals surface area contributed by atoms with Gasteiger partial charge in [0.2, 0.25) is 11.8 Å². The fourth-order valence-corrected chi connectivity index (χ4v) is 3.91. The number of carbonyl (C=O) groups excluding carboxylic acids is 2. The Morgan fingerprint density at radius 1 is 1.31 bits per heavy atom. The lowest BCUT2D eigenvalue weighted by Gasteiger charge is -2.28. The zero-order chi connectivity index (χ0) is 17.6. The molecule has 0 aromatic heterocycles. The first-order valence-electron chi connectivity index (χ1n) is 9.54. The fourth-order valence-electron chi connectivity index (χ4n) is 3.91. The van der Waals surface area contributed by atoms with Gasteiger partial charge in [0.1, 0.15) is 0 Å². The van der Waals surface area contributed by atoms with E-state index in [0.29, 0.717) is 24.7 Å². The highest BCUT2D eigenvalue weighted by molar-refractivity contribution is 5.96. The SMILES string of the molecule is CC(CC(=O)Nc1cccc(N2CCCCC2=O)c1)C1CCNCC1.Cl. The maximum Gasteiger partial charge on any atom is 0.226 e. The van der Waals surface area contributed by atoms with Crippen molar-refractivity contribution < 1.29 is 9.59 Å². The average Bonchev–Trinajstić information content (AvgIpc) is 2.63. The van der Waals surface area contributed by atoms with E-state index < -0.39 is 0 Å². The highest BCUT2D eigenvalue weighted by atomic mass is 35.5. The van der Waals surface area contributed by atoms with E-state index in [1.807, 2.05) is 29.2 Å². The van der Waals surface area contributed by atoms with Crippen molar-refractivity contribution in [2.75, 3.05) is 29.9 Å². The van der Waals surface area contributed by atoms with Crippen molar-refractivity contribution >= 4 is 35.6 Å². The van der Waals surface area contributed by atoms with Crippen LogP contribution < -0.4 is 15.5 Å². The van der Waals surface area contributed by atoms with E-state index in [-0.39, 0.29) is 24.2 Å². The third-order valence-corrected chi connectivity index (χ3v) is 5.46. The number of rotatable bonds is 5. The van der Waals surface area contributed by atoms with Gasteiger partial charge in [-0.3, -0.25) is 9.59 Å². The highest BCUT2D eigenvalue weighted by Crippen LogP contribution is 2.26. The van der Waals surface area contributed by atoms with Gasteiger partial charge in [-0.2, -0.15) is 0 Å². The fraction of sp³-hybridized carbons (Fsp3) is 0.600. The Balaban J connectivity index is 0.00000243. The summed E-state index contributed by atoms with van der Waals surface area (Å²) in [6.45, 7) is 5.06. The van der Waals surface area contributed by atoms with Crippen molar-refractivity contribution in [1.82, 2.24) is 5.32 Å². The molecule has 2 heterocycles. The molecule has 144 valence electrons. The second kappa shape index (κ2) is 9.93. The van der Waals surface area contributed by atoms with Crippen LogP contribution in [0.1, 0.15) is 45.4 Å². The Hall–Kier alpha value is -1.59. The van der Waals surface area contributed by atoms with Crippen molar-refractivity contribution in [3.63, 3.8) is 0 Å². The van der Waals surface area contributed by atoms with Crippen molar-refractivity contribution in [1.29, 1.82) is 0 Å². The van der Waals surface area contributed by atoms with Crippen LogP contribution in [0.15, 0.2) is 24.3 Å². The van der Waals surface area contributed by atoms with Crippen LogP contribution in [0.4, 0.5) is 11.4 Å². The van der Waals surface area contributed by atoms with Gasteiger partial charge in [-0.05, 0) is 68.8 Å². The number of nitrogens with one attached hydrogen (secondary N) is 2. The lowest BCUT2D eigenvalue weighted by Crippen LogP contribution is -2.35. The first-order valence-corrected chi connectivity index (χ1v) is 9.54. The van der Waals surface area contributed by atoms with Crippen LogP contribution in [0.3, 0.4) is 0 Å². The number of benzene rings is 1. The smallest absolute Gasteiger partial charge is 0.226 e. The number of hydrogen-bond acceptors (Lipinski definition) is 3. The molecule has 2 saturated heterocycles. The van der Waals surface area contributed by atoms with E-state index in [1.165, 1.54) is 0 Å². The van der Waals surface area contributed by atoms with E-state index in [2.05, 4.69) is 17.6 Å². The van der Waals surface area contributed by atoms with Gasteiger partial charge < -0.3 is 15.5 Å². The molecule has 2 amide bonds. The summed E-state index contributed by atoms with van der Waals surface area (Å²) in [6, 6.07) is 7.65. The molecule has 3 rings (SSSR count). The van der Waals surface area contributed by atoms with Crippen molar-refractivity contribution in [3.8, 4) is 0 Å². The monoisotopic (exact) mass is 379 g/mol. The predicted molar refractivity (Wildman–Crippen MR) is 108 cm³/mol. The first-order chi connectivity index (χ1) is 12.1. The molecule has 0 bridgehead atoms. The summed E-state index contributed by atoms with van der Waals surface area (Å²) in [5.41, 5.74) is 1.66. The van der Waals surface area contributed by atoms with Crippen LogP contribution in [0, 0.1) is 11.8 Å². The molecule has 0 spiro atoms. The van der Waals surface area contributed by atoms with Crippen molar-refractivity contribution in [2.45, 2.75) is 45.4 Å². The molecule has 0 saturated carbocycles. The lowest BCUT2D eigenvalue weighted by atomic mass is 9.84. The minimum atomic E-state index is 0. The molecule has 1 atom stereocenters. The lowest BCUT2D eigenvalue weighted by molar-refractivity contribution is -0.119. The predicted octanol–water partition coefficient (Wildman–Crippen LogP) is 3.59. The van der Waals surface area contributed by atoms with E-state index in [4.69, 9.17) is 0 Å². The maximum absolute atomic E-state index is 12.4. The number of amides is 2. The van der Waals surface area contributed by atoms with Crippen molar-refractivity contribution in [2.24, 2.45) is 11.8 Å². The Morgan fingerprint density at radius 3 is 2.81 bits per heavy atom. The summed E-state index contributed by atoms with van der Waals surface area (Å²) in [6.07, 6.45) is 5.49.